The lowest BCUT2D eigenvalue weighted by atomic mass is 10.1. The number of hydrogen-bond acceptors (Lipinski definition) is 5. The lowest BCUT2D eigenvalue weighted by molar-refractivity contribution is -0.552. The van der Waals surface area contributed by atoms with E-state index >= 15 is 0 Å². The molecule has 1 aromatic heterocycles. The third-order valence-electron chi connectivity index (χ3n) is 7.63. The van der Waals surface area contributed by atoms with Crippen molar-refractivity contribution in [2.24, 2.45) is 0 Å². The highest BCUT2D eigenvalue weighted by atomic mass is 16.5. The summed E-state index contributed by atoms with van der Waals surface area (Å²) in [4.78, 5) is 29.4. The highest BCUT2D eigenvalue weighted by Crippen LogP contribution is 2.25. The number of nitrogens with zero attached hydrogens (tertiary/aromatic N) is 2. The Kier molecular flexibility index (Phi) is 10.6. The van der Waals surface area contributed by atoms with E-state index in [1.54, 1.807) is 4.57 Å². The van der Waals surface area contributed by atoms with Gasteiger partial charge in [-0.2, -0.15) is 4.57 Å². The van der Waals surface area contributed by atoms with Crippen LogP contribution in [0.1, 0.15) is 60.1 Å². The SMILES string of the molecule is [B]C(=O)NCCCCCCCCOc1cccc(CC2Nc3c(Cc4ccccc4)nc(-c4ccccc4)c[n+]3C2=O)c1. The molecule has 7 nitrogen and oxygen atoms in total. The standard InChI is InChI=1S/C35H37BN4O3/c36-35(42)37-20-11-3-1-2-4-12-21-43-29-19-13-16-27(22-29)24-31-34(41)40-25-32(28-17-9-6-10-18-28)38-30(33(40)39-31)23-26-14-7-5-8-15-26/h5-10,13-19,22,25,31H,1-4,11-12,20-21,23-24H2,(H,37,42)/p+1. The molecule has 1 unspecified atom stereocenters. The van der Waals surface area contributed by atoms with Gasteiger partial charge < -0.3 is 10.1 Å². The molecule has 2 radical (unpaired) electrons. The fourth-order valence-corrected chi connectivity index (χ4v) is 5.41. The molecule has 1 aliphatic heterocycles. The van der Waals surface area contributed by atoms with E-state index in [0.717, 1.165) is 78.2 Å². The van der Waals surface area contributed by atoms with Gasteiger partial charge in [-0.15, -0.1) is 0 Å². The van der Waals surface area contributed by atoms with Gasteiger partial charge in [-0.3, -0.25) is 10.1 Å². The Hall–Kier alpha value is -4.46. The number of amides is 1. The van der Waals surface area contributed by atoms with Gasteiger partial charge in [0, 0.05) is 24.9 Å². The van der Waals surface area contributed by atoms with Crippen LogP contribution in [0.3, 0.4) is 0 Å². The summed E-state index contributed by atoms with van der Waals surface area (Å²) in [5.41, 5.74) is 4.79. The molecule has 1 amide bonds. The second kappa shape index (κ2) is 15.1. The number of benzene rings is 3. The first-order chi connectivity index (χ1) is 21.1. The predicted octanol–water partition coefficient (Wildman–Crippen LogP) is 5.90. The molecule has 3 aromatic carbocycles. The molecule has 8 heteroatoms. The van der Waals surface area contributed by atoms with Crippen molar-refractivity contribution < 1.29 is 18.9 Å². The van der Waals surface area contributed by atoms with Crippen LogP contribution in [0.5, 0.6) is 5.75 Å². The smallest absolute Gasteiger partial charge is 0.359 e. The molecule has 43 heavy (non-hydrogen) atoms. The lowest BCUT2D eigenvalue weighted by Crippen LogP contribution is -2.44. The van der Waals surface area contributed by atoms with E-state index < -0.39 is 11.8 Å². The van der Waals surface area contributed by atoms with Crippen LogP contribution in [0.2, 0.25) is 0 Å². The van der Waals surface area contributed by atoms with E-state index in [1.165, 1.54) is 0 Å². The van der Waals surface area contributed by atoms with Gasteiger partial charge in [0.2, 0.25) is 0 Å². The van der Waals surface area contributed by atoms with Crippen molar-refractivity contribution in [3.63, 3.8) is 0 Å². The average molecular weight is 574 g/mol. The summed E-state index contributed by atoms with van der Waals surface area (Å²) in [5.74, 6) is 1.14. The van der Waals surface area contributed by atoms with Crippen LogP contribution in [-0.4, -0.2) is 43.7 Å². The number of fused-ring (bicyclic) bond motifs is 1. The highest BCUT2D eigenvalue weighted by molar-refractivity contribution is 6.57. The Morgan fingerprint density at radius 2 is 1.58 bits per heavy atom. The van der Waals surface area contributed by atoms with E-state index in [0.29, 0.717) is 26.0 Å². The molecule has 2 N–H and O–H groups in total. The Morgan fingerprint density at radius 3 is 2.35 bits per heavy atom. The van der Waals surface area contributed by atoms with E-state index in [1.807, 2.05) is 79.0 Å². The zero-order valence-corrected chi connectivity index (χ0v) is 24.5. The second-order valence-corrected chi connectivity index (χ2v) is 11.0. The van der Waals surface area contributed by atoms with Gasteiger partial charge in [0.25, 0.3) is 0 Å². The summed E-state index contributed by atoms with van der Waals surface area (Å²) >= 11 is 0. The zero-order valence-electron chi connectivity index (χ0n) is 24.5. The van der Waals surface area contributed by atoms with Gasteiger partial charge in [-0.1, -0.05) is 98.5 Å². The number of ether oxygens (including phenoxy) is 1. The fraction of sp³-hybridized carbons (Fsp3) is 0.314. The number of carbonyl (C=O) groups is 2. The molecular weight excluding hydrogens is 535 g/mol. The normalized spacial score (nSPS) is 13.8. The van der Waals surface area contributed by atoms with Crippen molar-refractivity contribution in [2.75, 3.05) is 18.5 Å². The molecule has 0 saturated heterocycles. The van der Waals surface area contributed by atoms with Gasteiger partial charge >= 0.3 is 11.7 Å². The second-order valence-electron chi connectivity index (χ2n) is 11.0. The third kappa shape index (κ3) is 8.54. The number of hydrogen-bond donors (Lipinski definition) is 2. The minimum absolute atomic E-state index is 0.0145. The number of rotatable bonds is 15. The molecule has 0 bridgehead atoms. The maximum Gasteiger partial charge on any atom is 0.359 e. The van der Waals surface area contributed by atoms with Crippen LogP contribution in [-0.2, 0) is 12.8 Å². The summed E-state index contributed by atoms with van der Waals surface area (Å²) in [6, 6.07) is 27.8. The molecule has 0 fully saturated rings. The Bertz CT molecular complexity index is 1510. The van der Waals surface area contributed by atoms with Gasteiger partial charge in [0.1, 0.15) is 23.3 Å². The topological polar surface area (TPSA) is 84.2 Å². The first kappa shape index (κ1) is 30.0. The molecular formula is C35H38BN4O3+. The monoisotopic (exact) mass is 573 g/mol. The number of unbranched alkanes of at least 4 members (excludes halogenated alkanes) is 5. The van der Waals surface area contributed by atoms with Crippen molar-refractivity contribution >= 4 is 25.4 Å². The Labute approximate surface area is 255 Å². The van der Waals surface area contributed by atoms with Gasteiger partial charge in [0.05, 0.1) is 6.61 Å². The van der Waals surface area contributed by atoms with Crippen molar-refractivity contribution in [1.82, 2.24) is 10.3 Å². The first-order valence-corrected chi connectivity index (χ1v) is 15.2. The van der Waals surface area contributed by atoms with Gasteiger partial charge in [-0.25, -0.2) is 9.78 Å². The number of aromatic nitrogens is 2. The number of carbonyl (C=O) groups excluding carboxylic acids is 2. The maximum absolute atomic E-state index is 13.7. The molecule has 4 aromatic rings. The maximum atomic E-state index is 13.7. The Morgan fingerprint density at radius 1 is 0.884 bits per heavy atom. The number of nitrogens with one attached hydrogen (secondary N) is 2. The van der Waals surface area contributed by atoms with Crippen LogP contribution in [0.4, 0.5) is 10.6 Å². The summed E-state index contributed by atoms with van der Waals surface area (Å²) in [6.45, 7) is 1.30. The molecule has 5 rings (SSSR count). The van der Waals surface area contributed by atoms with Crippen LogP contribution in [0, 0.1) is 0 Å². The van der Waals surface area contributed by atoms with Crippen molar-refractivity contribution in [3.8, 4) is 17.0 Å². The summed E-state index contributed by atoms with van der Waals surface area (Å²) in [7, 11) is 5.08. The quantitative estimate of drug-likeness (QED) is 0.105. The molecule has 1 aliphatic rings. The Balaban J connectivity index is 1.18. The van der Waals surface area contributed by atoms with E-state index in [9.17, 15) is 9.59 Å². The third-order valence-corrected chi connectivity index (χ3v) is 7.63. The summed E-state index contributed by atoms with van der Waals surface area (Å²) in [6.07, 6.45) is 9.42. The zero-order chi connectivity index (χ0) is 29.9. The van der Waals surface area contributed by atoms with Crippen LogP contribution < -0.4 is 19.9 Å². The summed E-state index contributed by atoms with van der Waals surface area (Å²) < 4.78 is 7.78. The van der Waals surface area contributed by atoms with E-state index in [2.05, 4.69) is 22.8 Å². The minimum Gasteiger partial charge on any atom is -0.494 e. The molecule has 0 spiro atoms. The number of anilines is 1. The van der Waals surface area contributed by atoms with Gasteiger partial charge in [-0.05, 0) is 36.1 Å². The molecule has 0 aliphatic carbocycles. The van der Waals surface area contributed by atoms with Crippen molar-refractivity contribution in [2.45, 2.75) is 57.4 Å². The molecule has 218 valence electrons. The van der Waals surface area contributed by atoms with Gasteiger partial charge in [0.15, 0.2) is 19.7 Å². The molecule has 1 atom stereocenters. The fourth-order valence-electron chi connectivity index (χ4n) is 5.41. The summed E-state index contributed by atoms with van der Waals surface area (Å²) in [5, 5.41) is 6.11. The van der Waals surface area contributed by atoms with Crippen LogP contribution in [0.25, 0.3) is 11.3 Å². The molecule has 2 heterocycles. The predicted molar refractivity (Wildman–Crippen MR) is 170 cm³/mol. The van der Waals surface area contributed by atoms with Crippen molar-refractivity contribution in [1.29, 1.82) is 0 Å². The first-order valence-electron chi connectivity index (χ1n) is 15.2. The van der Waals surface area contributed by atoms with Crippen molar-refractivity contribution in [3.05, 3.63) is 108 Å². The molecule has 0 saturated carbocycles. The van der Waals surface area contributed by atoms with E-state index in [-0.39, 0.29) is 5.91 Å². The van der Waals surface area contributed by atoms with Crippen LogP contribution >= 0.6 is 0 Å². The van der Waals surface area contributed by atoms with Crippen LogP contribution in [0.15, 0.2) is 91.1 Å². The largest absolute Gasteiger partial charge is 0.494 e. The highest BCUT2D eigenvalue weighted by Gasteiger charge is 2.41. The average Bonchev–Trinajstić information content (AvgIpc) is 3.34. The minimum atomic E-state index is -0.459. The van der Waals surface area contributed by atoms with E-state index in [4.69, 9.17) is 17.6 Å². The lowest BCUT2D eigenvalue weighted by Gasteiger charge is -2.09.